The van der Waals surface area contributed by atoms with Crippen LogP contribution >= 0.6 is 0 Å². The fourth-order valence-corrected chi connectivity index (χ4v) is 3.94. The Labute approximate surface area is 137 Å². The summed E-state index contributed by atoms with van der Waals surface area (Å²) in [5.41, 5.74) is 1.04. The smallest absolute Gasteiger partial charge is 0.319 e. The number of anilines is 2. The van der Waals surface area contributed by atoms with Crippen molar-refractivity contribution >= 4 is 27.4 Å². The molecule has 1 saturated heterocycles. The van der Waals surface area contributed by atoms with Crippen LogP contribution in [0.5, 0.6) is 5.75 Å². The predicted octanol–water partition coefficient (Wildman–Crippen LogP) is 2.16. The Kier molecular flexibility index (Phi) is 5.35. The van der Waals surface area contributed by atoms with Crippen molar-refractivity contribution in [3.8, 4) is 5.75 Å². The summed E-state index contributed by atoms with van der Waals surface area (Å²) in [6, 6.07) is 4.72. The number of hydrogen-bond donors (Lipinski definition) is 2. The van der Waals surface area contributed by atoms with Crippen LogP contribution in [0, 0.1) is 0 Å². The molecule has 0 spiro atoms. The molecule has 0 saturated carbocycles. The number of rotatable bonds is 5. The first-order chi connectivity index (χ1) is 10.9. The van der Waals surface area contributed by atoms with Crippen LogP contribution in [0.15, 0.2) is 18.2 Å². The van der Waals surface area contributed by atoms with Gasteiger partial charge in [0.25, 0.3) is 0 Å². The summed E-state index contributed by atoms with van der Waals surface area (Å²) in [5, 5.41) is 5.52. The zero-order chi connectivity index (χ0) is 17.0. The normalized spacial score (nSPS) is 17.6. The van der Waals surface area contributed by atoms with Gasteiger partial charge in [0.15, 0.2) is 0 Å². The summed E-state index contributed by atoms with van der Waals surface area (Å²) < 4.78 is 30.7. The van der Waals surface area contributed by atoms with E-state index in [0.29, 0.717) is 30.1 Å². The van der Waals surface area contributed by atoms with E-state index < -0.39 is 10.0 Å². The van der Waals surface area contributed by atoms with Gasteiger partial charge in [-0.1, -0.05) is 6.92 Å². The number of carbonyl (C=O) groups is 1. The molecular formula is C15H23N3O4S. The molecule has 0 bridgehead atoms. The molecule has 1 aliphatic rings. The Morgan fingerprint density at radius 2 is 2.17 bits per heavy atom. The summed E-state index contributed by atoms with van der Waals surface area (Å²) >= 11 is 0. The highest BCUT2D eigenvalue weighted by molar-refractivity contribution is 7.93. The van der Waals surface area contributed by atoms with Gasteiger partial charge in [0, 0.05) is 24.3 Å². The van der Waals surface area contributed by atoms with Crippen LogP contribution in [-0.4, -0.2) is 39.9 Å². The third-order valence-corrected chi connectivity index (χ3v) is 5.65. The van der Waals surface area contributed by atoms with E-state index in [0.717, 1.165) is 6.42 Å². The Balaban J connectivity index is 2.18. The van der Waals surface area contributed by atoms with Gasteiger partial charge >= 0.3 is 6.03 Å². The van der Waals surface area contributed by atoms with Gasteiger partial charge in [-0.3, -0.25) is 4.31 Å². The highest BCUT2D eigenvalue weighted by Gasteiger charge is 2.30. The summed E-state index contributed by atoms with van der Waals surface area (Å²) in [7, 11) is -1.80. The number of urea groups is 1. The first kappa shape index (κ1) is 17.4. The van der Waals surface area contributed by atoms with Crippen molar-refractivity contribution in [1.82, 2.24) is 5.32 Å². The van der Waals surface area contributed by atoms with E-state index in [4.69, 9.17) is 4.74 Å². The van der Waals surface area contributed by atoms with E-state index in [1.807, 2.05) is 13.8 Å². The van der Waals surface area contributed by atoms with Gasteiger partial charge in [0.1, 0.15) is 5.75 Å². The van der Waals surface area contributed by atoms with Crippen LogP contribution in [-0.2, 0) is 10.0 Å². The lowest BCUT2D eigenvalue weighted by molar-refractivity contribution is 0.249. The molecule has 1 aromatic rings. The Hall–Kier alpha value is -1.96. The van der Waals surface area contributed by atoms with Crippen LogP contribution in [0.3, 0.4) is 0 Å². The fourth-order valence-electron chi connectivity index (χ4n) is 2.36. The first-order valence-electron chi connectivity index (χ1n) is 7.63. The van der Waals surface area contributed by atoms with Crippen molar-refractivity contribution in [2.45, 2.75) is 32.7 Å². The lowest BCUT2D eigenvalue weighted by Gasteiger charge is -2.20. The van der Waals surface area contributed by atoms with Crippen molar-refractivity contribution in [2.75, 3.05) is 29.0 Å². The molecule has 1 aliphatic heterocycles. The number of benzene rings is 1. The largest absolute Gasteiger partial charge is 0.494 e. The van der Waals surface area contributed by atoms with Crippen LogP contribution in [0.25, 0.3) is 0 Å². The lowest BCUT2D eigenvalue weighted by atomic mass is 10.2. The average molecular weight is 341 g/mol. The molecule has 1 atom stereocenters. The molecule has 128 valence electrons. The highest BCUT2D eigenvalue weighted by atomic mass is 32.2. The number of ether oxygens (including phenoxy) is 1. The van der Waals surface area contributed by atoms with E-state index in [9.17, 15) is 13.2 Å². The molecule has 1 fully saturated rings. The topological polar surface area (TPSA) is 87.7 Å². The fraction of sp³-hybridized carbons (Fsp3) is 0.533. The number of amides is 2. The Morgan fingerprint density at radius 1 is 1.43 bits per heavy atom. The molecule has 8 heteroatoms. The average Bonchev–Trinajstić information content (AvgIpc) is 2.86. The predicted molar refractivity (Wildman–Crippen MR) is 90.7 cm³/mol. The molecule has 0 aromatic heterocycles. The van der Waals surface area contributed by atoms with Gasteiger partial charge in [-0.15, -0.1) is 0 Å². The zero-order valence-electron chi connectivity index (χ0n) is 13.6. The second-order valence-corrected chi connectivity index (χ2v) is 7.55. The molecular weight excluding hydrogens is 318 g/mol. The SMILES string of the molecule is CCC(C)NC(=O)Nc1ccc(N2CCCS2(=O)=O)c(OC)c1. The van der Waals surface area contributed by atoms with Gasteiger partial charge in [-0.2, -0.15) is 0 Å². The third kappa shape index (κ3) is 4.07. The number of carbonyl (C=O) groups excluding carboxylic acids is 1. The number of hydrogen-bond acceptors (Lipinski definition) is 4. The van der Waals surface area contributed by atoms with Crippen LogP contribution in [0.1, 0.15) is 26.7 Å². The third-order valence-electron chi connectivity index (χ3n) is 3.80. The minimum Gasteiger partial charge on any atom is -0.494 e. The van der Waals surface area contributed by atoms with Gasteiger partial charge in [-0.05, 0) is 31.9 Å². The number of methoxy groups -OCH3 is 1. The lowest BCUT2D eigenvalue weighted by Crippen LogP contribution is -2.35. The van der Waals surface area contributed by atoms with Crippen LogP contribution in [0.4, 0.5) is 16.2 Å². The van der Waals surface area contributed by atoms with Gasteiger partial charge in [-0.25, -0.2) is 13.2 Å². The molecule has 2 N–H and O–H groups in total. The van der Waals surface area contributed by atoms with E-state index in [1.165, 1.54) is 11.4 Å². The van der Waals surface area contributed by atoms with Gasteiger partial charge in [0.2, 0.25) is 10.0 Å². The van der Waals surface area contributed by atoms with Crippen molar-refractivity contribution < 1.29 is 17.9 Å². The summed E-state index contributed by atoms with van der Waals surface area (Å²) in [4.78, 5) is 11.9. The number of nitrogens with one attached hydrogen (secondary N) is 2. The van der Waals surface area contributed by atoms with E-state index in [-0.39, 0.29) is 17.8 Å². The molecule has 2 rings (SSSR count). The zero-order valence-corrected chi connectivity index (χ0v) is 14.4. The minimum absolute atomic E-state index is 0.0749. The van der Waals surface area contributed by atoms with Crippen molar-refractivity contribution in [3.63, 3.8) is 0 Å². The molecule has 0 radical (unpaired) electrons. The Bertz CT molecular complexity index is 675. The molecule has 2 amide bonds. The number of sulfonamides is 1. The Morgan fingerprint density at radius 3 is 2.74 bits per heavy atom. The van der Waals surface area contributed by atoms with E-state index in [2.05, 4.69) is 10.6 Å². The minimum atomic E-state index is -3.27. The quantitative estimate of drug-likeness (QED) is 0.859. The van der Waals surface area contributed by atoms with Crippen molar-refractivity contribution in [3.05, 3.63) is 18.2 Å². The summed E-state index contributed by atoms with van der Waals surface area (Å²) in [5.74, 6) is 0.560. The molecule has 1 unspecified atom stereocenters. The van der Waals surface area contributed by atoms with Crippen molar-refractivity contribution in [2.24, 2.45) is 0 Å². The van der Waals surface area contributed by atoms with Crippen LogP contribution in [0.2, 0.25) is 0 Å². The second-order valence-electron chi connectivity index (χ2n) is 5.54. The maximum Gasteiger partial charge on any atom is 0.319 e. The molecule has 23 heavy (non-hydrogen) atoms. The van der Waals surface area contributed by atoms with Crippen LogP contribution < -0.4 is 19.7 Å². The summed E-state index contributed by atoms with van der Waals surface area (Å²) in [6.45, 7) is 4.35. The molecule has 1 heterocycles. The first-order valence-corrected chi connectivity index (χ1v) is 9.24. The highest BCUT2D eigenvalue weighted by Crippen LogP contribution is 2.35. The molecule has 0 aliphatic carbocycles. The molecule has 1 aromatic carbocycles. The van der Waals surface area contributed by atoms with Crippen molar-refractivity contribution in [1.29, 1.82) is 0 Å². The van der Waals surface area contributed by atoms with Gasteiger partial charge in [0.05, 0.1) is 18.6 Å². The second kappa shape index (κ2) is 7.08. The number of nitrogens with zero attached hydrogens (tertiary/aromatic N) is 1. The van der Waals surface area contributed by atoms with E-state index in [1.54, 1.807) is 18.2 Å². The standard InChI is InChI=1S/C15H23N3O4S/c1-4-11(2)16-15(19)17-12-6-7-13(14(10-12)22-3)18-8-5-9-23(18,20)21/h6-7,10-11H,4-5,8-9H2,1-3H3,(H2,16,17,19). The van der Waals surface area contributed by atoms with E-state index >= 15 is 0 Å². The maximum atomic E-state index is 12.0. The van der Waals surface area contributed by atoms with Gasteiger partial charge < -0.3 is 15.4 Å². The molecule has 7 nitrogen and oxygen atoms in total. The monoisotopic (exact) mass is 341 g/mol. The maximum absolute atomic E-state index is 12.0. The summed E-state index contributed by atoms with van der Waals surface area (Å²) in [6.07, 6.45) is 1.44.